The zero-order valence-corrected chi connectivity index (χ0v) is 20.4. The second-order valence-corrected chi connectivity index (χ2v) is 11.3. The second-order valence-electron chi connectivity index (χ2n) is 9.45. The predicted octanol–water partition coefficient (Wildman–Crippen LogP) is 3.77. The van der Waals surface area contributed by atoms with E-state index in [1.165, 1.54) is 4.90 Å². The normalized spacial score (nSPS) is 20.8. The fraction of sp³-hybridized carbons (Fsp3) is 0.545. The molecule has 1 fully saturated rings. The van der Waals surface area contributed by atoms with Crippen LogP contribution in [0.15, 0.2) is 34.9 Å². The van der Waals surface area contributed by atoms with E-state index in [2.05, 4.69) is 9.88 Å². The van der Waals surface area contributed by atoms with E-state index in [0.29, 0.717) is 22.6 Å². The first-order valence-electron chi connectivity index (χ1n) is 10.5. The Morgan fingerprint density at radius 2 is 1.91 bits per heavy atom. The van der Waals surface area contributed by atoms with E-state index in [1.807, 2.05) is 0 Å². The molecule has 2 unspecified atom stereocenters. The summed E-state index contributed by atoms with van der Waals surface area (Å²) in [6.45, 7) is 7.88. The first-order chi connectivity index (χ1) is 15.2. The van der Waals surface area contributed by atoms with Gasteiger partial charge in [-0.25, -0.2) is 22.3 Å². The van der Waals surface area contributed by atoms with Crippen LogP contribution < -0.4 is 4.72 Å². The van der Waals surface area contributed by atoms with Crippen LogP contribution in [0.5, 0.6) is 0 Å². The van der Waals surface area contributed by atoms with Gasteiger partial charge in [0.2, 0.25) is 10.0 Å². The number of amides is 1. The van der Waals surface area contributed by atoms with Crippen molar-refractivity contribution in [2.45, 2.75) is 64.6 Å². The number of halogens is 1. The van der Waals surface area contributed by atoms with E-state index in [9.17, 15) is 17.6 Å². The molecule has 1 aromatic carbocycles. The average molecular weight is 484 g/mol. The van der Waals surface area contributed by atoms with Crippen molar-refractivity contribution in [2.24, 2.45) is 0 Å². The highest BCUT2D eigenvalue weighted by Crippen LogP contribution is 2.42. The molecule has 0 bridgehead atoms. The summed E-state index contributed by atoms with van der Waals surface area (Å²) in [4.78, 5) is 14.1. The molecule has 1 N–H and O–H groups in total. The van der Waals surface area contributed by atoms with E-state index in [0.717, 1.165) is 6.26 Å². The molecule has 2 atom stereocenters. The van der Waals surface area contributed by atoms with Crippen molar-refractivity contribution in [3.8, 4) is 11.3 Å². The Labute approximate surface area is 193 Å². The van der Waals surface area contributed by atoms with Gasteiger partial charge in [0.1, 0.15) is 24.1 Å². The molecule has 2 heterocycles. The number of carbonyl (C=O) groups is 1. The molecule has 1 aliphatic heterocycles. The lowest BCUT2D eigenvalue weighted by atomic mass is 10.0. The molecule has 9 nitrogen and oxygen atoms in total. The first kappa shape index (κ1) is 25.1. The van der Waals surface area contributed by atoms with Crippen molar-refractivity contribution in [1.29, 1.82) is 0 Å². The number of alkyl halides is 1. The van der Waals surface area contributed by atoms with Crippen LogP contribution in [0, 0.1) is 0 Å². The minimum atomic E-state index is -3.34. The Morgan fingerprint density at radius 1 is 1.27 bits per heavy atom. The molecule has 0 aliphatic carbocycles. The summed E-state index contributed by atoms with van der Waals surface area (Å²) in [7, 11) is -3.34. The number of hydrogen-bond acceptors (Lipinski definition) is 7. The molecule has 1 amide bonds. The smallest absolute Gasteiger partial charge is 0.413 e. The number of sulfonamides is 1. The molecule has 0 radical (unpaired) electrons. The van der Waals surface area contributed by atoms with Crippen LogP contribution in [0.25, 0.3) is 11.3 Å². The number of ether oxygens (including phenoxy) is 2. The fourth-order valence-corrected chi connectivity index (χ4v) is 4.07. The number of benzene rings is 1. The van der Waals surface area contributed by atoms with E-state index >= 15 is 0 Å². The third-order valence-corrected chi connectivity index (χ3v) is 5.69. The van der Waals surface area contributed by atoms with Crippen LogP contribution in [0.1, 0.15) is 52.0 Å². The number of hydrogen-bond donors (Lipinski definition) is 1. The van der Waals surface area contributed by atoms with Crippen LogP contribution in [0.2, 0.25) is 0 Å². The van der Waals surface area contributed by atoms with Gasteiger partial charge in [0, 0.05) is 11.6 Å². The van der Waals surface area contributed by atoms with Crippen molar-refractivity contribution < 1.29 is 31.6 Å². The minimum absolute atomic E-state index is 0.0180. The highest BCUT2D eigenvalue weighted by atomic mass is 32.2. The van der Waals surface area contributed by atoms with Crippen molar-refractivity contribution in [3.05, 3.63) is 41.6 Å². The molecule has 1 saturated heterocycles. The predicted molar refractivity (Wildman–Crippen MR) is 119 cm³/mol. The molecule has 0 spiro atoms. The molecule has 3 rings (SSSR count). The molecule has 0 saturated carbocycles. The summed E-state index contributed by atoms with van der Waals surface area (Å²) in [5.41, 5.74) is 0.0508. The highest BCUT2D eigenvalue weighted by molar-refractivity contribution is 7.88. The van der Waals surface area contributed by atoms with Crippen molar-refractivity contribution in [1.82, 2.24) is 14.8 Å². The lowest BCUT2D eigenvalue weighted by molar-refractivity contribution is -0.0797. The summed E-state index contributed by atoms with van der Waals surface area (Å²) in [5.74, 6) is 0.456. The van der Waals surface area contributed by atoms with Gasteiger partial charge in [0.15, 0.2) is 5.76 Å². The van der Waals surface area contributed by atoms with Gasteiger partial charge in [-0.1, -0.05) is 29.4 Å². The standard InChI is InChI=1S/C22H30FN3O6S/c1-21(2,3)31-20(27)26-17(12-23)19(30-22(26,4)5)15-9-7-14(8-10-15)18-11-16(25-32-18)13-24-33(6,28)29/h7-11,17,19,24H,12-13H2,1-6H3. The van der Waals surface area contributed by atoms with E-state index in [4.69, 9.17) is 14.0 Å². The summed E-state index contributed by atoms with van der Waals surface area (Å²) < 4.78 is 55.8. The van der Waals surface area contributed by atoms with Gasteiger partial charge in [-0.05, 0) is 40.2 Å². The van der Waals surface area contributed by atoms with Gasteiger partial charge < -0.3 is 14.0 Å². The molecule has 11 heteroatoms. The molecule has 182 valence electrons. The largest absolute Gasteiger partial charge is 0.444 e. The van der Waals surface area contributed by atoms with Gasteiger partial charge >= 0.3 is 6.09 Å². The van der Waals surface area contributed by atoms with E-state index in [-0.39, 0.29) is 6.54 Å². The van der Waals surface area contributed by atoms with Crippen LogP contribution in [-0.2, 0) is 26.0 Å². The third kappa shape index (κ3) is 6.10. The monoisotopic (exact) mass is 483 g/mol. The summed E-state index contributed by atoms with van der Waals surface area (Å²) in [6.07, 6.45) is -0.254. The van der Waals surface area contributed by atoms with Gasteiger partial charge in [0.05, 0.1) is 24.5 Å². The van der Waals surface area contributed by atoms with Crippen molar-refractivity contribution >= 4 is 16.1 Å². The van der Waals surface area contributed by atoms with Crippen molar-refractivity contribution in [3.63, 3.8) is 0 Å². The molecule has 1 aliphatic rings. The quantitative estimate of drug-likeness (QED) is 0.666. The molecular weight excluding hydrogens is 453 g/mol. The Bertz CT molecular complexity index is 1090. The molecule has 33 heavy (non-hydrogen) atoms. The van der Waals surface area contributed by atoms with Gasteiger partial charge in [-0.3, -0.25) is 4.90 Å². The average Bonchev–Trinajstić information content (AvgIpc) is 3.26. The van der Waals surface area contributed by atoms with Gasteiger partial charge in [0.25, 0.3) is 0 Å². The van der Waals surface area contributed by atoms with Crippen LogP contribution in [0.4, 0.5) is 9.18 Å². The van der Waals surface area contributed by atoms with Crippen LogP contribution >= 0.6 is 0 Å². The number of aromatic nitrogens is 1. The maximum atomic E-state index is 14.1. The Balaban J connectivity index is 1.79. The zero-order chi connectivity index (χ0) is 24.6. The minimum Gasteiger partial charge on any atom is -0.444 e. The van der Waals surface area contributed by atoms with Gasteiger partial charge in [-0.2, -0.15) is 0 Å². The third-order valence-electron chi connectivity index (χ3n) is 5.02. The van der Waals surface area contributed by atoms with Crippen molar-refractivity contribution in [2.75, 3.05) is 12.9 Å². The summed E-state index contributed by atoms with van der Waals surface area (Å²) >= 11 is 0. The molecular formula is C22H30FN3O6S. The SMILES string of the molecule is CC(C)(C)OC(=O)N1C(CF)C(c2ccc(-c3cc(CNS(C)(=O)=O)no3)cc2)OC1(C)C. The Morgan fingerprint density at radius 3 is 2.45 bits per heavy atom. The lowest BCUT2D eigenvalue weighted by Crippen LogP contribution is -2.50. The number of nitrogens with one attached hydrogen (secondary N) is 1. The topological polar surface area (TPSA) is 111 Å². The van der Waals surface area contributed by atoms with Crippen LogP contribution in [0.3, 0.4) is 0 Å². The fourth-order valence-electron chi connectivity index (χ4n) is 3.66. The lowest BCUT2D eigenvalue weighted by Gasteiger charge is -2.34. The summed E-state index contributed by atoms with van der Waals surface area (Å²) in [6, 6.07) is 7.87. The summed E-state index contributed by atoms with van der Waals surface area (Å²) in [5, 5.41) is 3.86. The Hall–Kier alpha value is -2.50. The molecule has 2 aromatic rings. The van der Waals surface area contributed by atoms with Crippen LogP contribution in [-0.4, -0.2) is 54.9 Å². The molecule has 1 aromatic heterocycles. The number of nitrogens with zero attached hydrogens (tertiary/aromatic N) is 2. The van der Waals surface area contributed by atoms with Gasteiger partial charge in [-0.15, -0.1) is 0 Å². The maximum absolute atomic E-state index is 14.1. The zero-order valence-electron chi connectivity index (χ0n) is 19.6. The maximum Gasteiger partial charge on any atom is 0.413 e. The number of carbonyl (C=O) groups excluding carboxylic acids is 1. The first-order valence-corrected chi connectivity index (χ1v) is 12.4. The second kappa shape index (κ2) is 9.03. The number of rotatable bonds is 6. The van der Waals surface area contributed by atoms with E-state index in [1.54, 1.807) is 65.0 Å². The Kier molecular flexibility index (Phi) is 6.88. The van der Waals surface area contributed by atoms with E-state index < -0.39 is 46.3 Å². The highest BCUT2D eigenvalue weighted by Gasteiger charge is 2.51.